The predicted molar refractivity (Wildman–Crippen MR) is 232 cm³/mol. The normalized spacial score (nSPS) is 14.9. The number of hydrogen-bond acceptors (Lipinski definition) is 0. The molecule has 0 aromatic carbocycles. The van der Waals surface area contributed by atoms with Crippen molar-refractivity contribution in [1.82, 2.24) is 0 Å². The Morgan fingerprint density at radius 3 is 0.560 bits per heavy atom. The van der Waals surface area contributed by atoms with E-state index in [4.69, 9.17) is 0 Å². The Balaban J connectivity index is 4.23. The van der Waals surface area contributed by atoms with Crippen LogP contribution < -0.4 is 0 Å². The number of hydrogen-bond donors (Lipinski definition) is 0. The molecule has 0 rings (SSSR count). The summed E-state index contributed by atoms with van der Waals surface area (Å²) in [5.41, 5.74) is 15.2. The summed E-state index contributed by atoms with van der Waals surface area (Å²) in [6.45, 7) is 27.1. The van der Waals surface area contributed by atoms with Crippen molar-refractivity contribution >= 4 is 0 Å². The van der Waals surface area contributed by atoms with E-state index < -0.39 is 0 Å². The summed E-state index contributed by atoms with van der Waals surface area (Å²) in [4.78, 5) is 0. The van der Waals surface area contributed by atoms with Crippen molar-refractivity contribution in [1.29, 1.82) is 0 Å². The fourth-order valence-corrected chi connectivity index (χ4v) is 5.92. The molecule has 282 valence electrons. The molecule has 0 amide bonds. The molecule has 0 atom stereocenters. The zero-order valence-electron chi connectivity index (χ0n) is 35.5. The molecule has 0 heteroatoms. The van der Waals surface area contributed by atoms with Crippen LogP contribution in [0.3, 0.4) is 0 Å². The molecule has 0 aromatic rings. The van der Waals surface area contributed by atoms with E-state index >= 15 is 0 Å². The minimum Gasteiger partial charge on any atom is -0.0887 e. The highest BCUT2D eigenvalue weighted by molar-refractivity contribution is 5.11. The lowest BCUT2D eigenvalue weighted by Crippen LogP contribution is -1.84. The average molecular weight is 683 g/mol. The largest absolute Gasteiger partial charge is 0.0887 e. The van der Waals surface area contributed by atoms with Crippen LogP contribution in [-0.4, -0.2) is 0 Å². The molecule has 0 heterocycles. The molecule has 0 aliphatic carbocycles. The molecule has 0 aliphatic heterocycles. The van der Waals surface area contributed by atoms with Crippen molar-refractivity contribution in [3.8, 4) is 0 Å². The van der Waals surface area contributed by atoms with Gasteiger partial charge in [0.25, 0.3) is 0 Å². The van der Waals surface area contributed by atoms with Crippen molar-refractivity contribution in [2.45, 2.75) is 199 Å². The van der Waals surface area contributed by atoms with Gasteiger partial charge in [0.05, 0.1) is 0 Å². The van der Waals surface area contributed by atoms with Gasteiger partial charge in [0.15, 0.2) is 0 Å². The zero-order valence-corrected chi connectivity index (χ0v) is 35.5. The molecule has 0 saturated heterocycles. The lowest BCUT2D eigenvalue weighted by molar-refractivity contribution is 0.879. The Hall–Kier alpha value is -2.60. The van der Waals surface area contributed by atoms with E-state index in [2.05, 4.69) is 144 Å². The van der Waals surface area contributed by atoms with Crippen molar-refractivity contribution in [3.63, 3.8) is 0 Å². The fraction of sp³-hybridized carbons (Fsp3) is 0.600. The highest BCUT2D eigenvalue weighted by Crippen LogP contribution is 2.18. The van der Waals surface area contributed by atoms with Gasteiger partial charge in [0, 0.05) is 0 Å². The Morgan fingerprint density at radius 2 is 0.400 bits per heavy atom. The highest BCUT2D eigenvalue weighted by atomic mass is 14.0. The summed E-state index contributed by atoms with van der Waals surface area (Å²) in [5.74, 6) is 0. The smallest absolute Gasteiger partial charge is 0.0288 e. The molecule has 0 fully saturated rings. The molecule has 0 spiro atoms. The van der Waals surface area contributed by atoms with Crippen molar-refractivity contribution in [3.05, 3.63) is 116 Å². The van der Waals surface area contributed by atoms with Crippen molar-refractivity contribution < 1.29 is 0 Å². The highest BCUT2D eigenvalue weighted by Gasteiger charge is 1.97. The Morgan fingerprint density at radius 1 is 0.240 bits per heavy atom. The van der Waals surface area contributed by atoms with Crippen LogP contribution in [0.1, 0.15) is 199 Å². The second-order valence-electron chi connectivity index (χ2n) is 15.7. The molecular weight excluding hydrogens is 601 g/mol. The van der Waals surface area contributed by atoms with Crippen molar-refractivity contribution in [2.75, 3.05) is 0 Å². The van der Waals surface area contributed by atoms with Crippen LogP contribution >= 0.6 is 0 Å². The molecule has 50 heavy (non-hydrogen) atoms. The van der Waals surface area contributed by atoms with E-state index in [1.165, 1.54) is 152 Å². The molecule has 0 aromatic heterocycles. The first-order chi connectivity index (χ1) is 23.8. The summed E-state index contributed by atoms with van der Waals surface area (Å²) in [5, 5.41) is 0. The second kappa shape index (κ2) is 31.2. The Bertz CT molecular complexity index is 1230. The summed E-state index contributed by atoms with van der Waals surface area (Å²) in [6, 6.07) is 0. The SMILES string of the molecule is CC=C(C)CCC=C(C)CCC=C(C)CCC=C(C)CCC=C(C)CCC=C(C)CCC=C(C)CCC=C(C)CCC=C(C)CCC=C(C)C. The molecule has 0 aliphatic rings. The molecule has 0 nitrogen and oxygen atoms in total. The lowest BCUT2D eigenvalue weighted by atomic mass is 10.0. The first kappa shape index (κ1) is 47.4. The van der Waals surface area contributed by atoms with E-state index in [-0.39, 0.29) is 0 Å². The molecule has 0 unspecified atom stereocenters. The topological polar surface area (TPSA) is 0 Å². The monoisotopic (exact) mass is 683 g/mol. The maximum atomic E-state index is 2.47. The van der Waals surface area contributed by atoms with Crippen LogP contribution in [0.5, 0.6) is 0 Å². The Labute approximate surface area is 314 Å². The standard InChI is InChI=1S/C50H82/c1-13-42(4)24-15-26-44(6)28-17-30-46(8)32-19-34-48(10)36-21-38-50(12)40-22-39-49(11)37-20-35-47(9)33-18-31-45(7)29-16-27-43(5)25-14-23-41(2)3/h13,23,26-27,30-31,34-35,38-39H,14-22,24-25,28-29,32-33,36-37,40H2,1-12H3. The maximum Gasteiger partial charge on any atom is -0.0288 e. The number of allylic oxidation sites excluding steroid dienone is 20. The average Bonchev–Trinajstić information content (AvgIpc) is 3.04. The first-order valence-corrected chi connectivity index (χ1v) is 20.3. The van der Waals surface area contributed by atoms with Crippen molar-refractivity contribution in [2.24, 2.45) is 0 Å². The van der Waals surface area contributed by atoms with Gasteiger partial charge in [-0.3, -0.25) is 0 Å². The third-order valence-electron chi connectivity index (χ3n) is 9.84. The van der Waals surface area contributed by atoms with E-state index in [1.807, 2.05) is 0 Å². The summed E-state index contributed by atoms with van der Waals surface area (Å²) < 4.78 is 0. The molecule has 0 saturated carbocycles. The quantitative estimate of drug-likeness (QED) is 0.0757. The van der Waals surface area contributed by atoms with Gasteiger partial charge in [-0.1, -0.05) is 116 Å². The van der Waals surface area contributed by atoms with Gasteiger partial charge in [-0.2, -0.15) is 0 Å². The van der Waals surface area contributed by atoms with Crippen LogP contribution in [0.15, 0.2) is 116 Å². The molecule has 0 radical (unpaired) electrons. The van der Waals surface area contributed by atoms with Gasteiger partial charge >= 0.3 is 0 Å². The van der Waals surface area contributed by atoms with Crippen LogP contribution in [-0.2, 0) is 0 Å². The Kier molecular flexibility index (Phi) is 29.5. The van der Waals surface area contributed by atoms with E-state index in [1.54, 1.807) is 0 Å². The van der Waals surface area contributed by atoms with Crippen LogP contribution in [0.4, 0.5) is 0 Å². The third-order valence-corrected chi connectivity index (χ3v) is 9.84. The summed E-state index contributed by atoms with van der Waals surface area (Å²) in [7, 11) is 0. The van der Waals surface area contributed by atoms with Gasteiger partial charge in [0.1, 0.15) is 0 Å². The third kappa shape index (κ3) is 31.4. The van der Waals surface area contributed by atoms with E-state index in [9.17, 15) is 0 Å². The van der Waals surface area contributed by atoms with Crippen LogP contribution in [0.25, 0.3) is 0 Å². The van der Waals surface area contributed by atoms with Gasteiger partial charge in [-0.05, 0) is 199 Å². The van der Waals surface area contributed by atoms with E-state index in [0.29, 0.717) is 0 Å². The van der Waals surface area contributed by atoms with Crippen LogP contribution in [0.2, 0.25) is 0 Å². The van der Waals surface area contributed by atoms with Gasteiger partial charge < -0.3 is 0 Å². The minimum absolute atomic E-state index is 1.16. The summed E-state index contributed by atoms with van der Waals surface area (Å²) in [6.07, 6.45) is 45.4. The molecule has 0 N–H and O–H groups in total. The maximum absolute atomic E-state index is 2.47. The minimum atomic E-state index is 1.16. The number of rotatable bonds is 27. The lowest BCUT2D eigenvalue weighted by Gasteiger charge is -2.04. The van der Waals surface area contributed by atoms with Crippen LogP contribution in [0, 0.1) is 0 Å². The van der Waals surface area contributed by atoms with Gasteiger partial charge in [0.2, 0.25) is 0 Å². The second-order valence-corrected chi connectivity index (χ2v) is 15.7. The van der Waals surface area contributed by atoms with Gasteiger partial charge in [-0.15, -0.1) is 0 Å². The predicted octanol–water partition coefficient (Wildman–Crippen LogP) is 17.5. The molecular formula is C50H82. The van der Waals surface area contributed by atoms with Gasteiger partial charge in [-0.25, -0.2) is 0 Å². The fourth-order valence-electron chi connectivity index (χ4n) is 5.92. The molecule has 0 bridgehead atoms. The van der Waals surface area contributed by atoms with E-state index in [0.717, 1.165) is 19.3 Å². The summed E-state index contributed by atoms with van der Waals surface area (Å²) >= 11 is 0. The first-order valence-electron chi connectivity index (χ1n) is 20.3. The zero-order chi connectivity index (χ0) is 37.6.